The Balaban J connectivity index is 1.37. The maximum atomic E-state index is 12.3. The van der Waals surface area contributed by atoms with Crippen LogP contribution in [-0.2, 0) is 13.2 Å². The Kier molecular flexibility index (Phi) is 3.91. The molecule has 0 N–H and O–H groups in total. The number of pyridine rings is 1. The van der Waals surface area contributed by atoms with E-state index in [1.807, 2.05) is 31.2 Å². The van der Waals surface area contributed by atoms with Gasteiger partial charge in [0.1, 0.15) is 0 Å². The predicted octanol–water partition coefficient (Wildman–Crippen LogP) is 0.568. The fraction of sp³-hybridized carbons (Fsp3) is 0.438. The van der Waals surface area contributed by atoms with Crippen LogP contribution in [0.3, 0.4) is 0 Å². The zero-order valence-corrected chi connectivity index (χ0v) is 13.6. The van der Waals surface area contributed by atoms with Gasteiger partial charge in [-0.15, -0.1) is 5.10 Å². The van der Waals surface area contributed by atoms with Crippen molar-refractivity contribution in [3.05, 3.63) is 52.4 Å². The molecule has 126 valence electrons. The summed E-state index contributed by atoms with van der Waals surface area (Å²) in [6.07, 6.45) is 1.75. The lowest BCUT2D eigenvalue weighted by Gasteiger charge is -2.33. The van der Waals surface area contributed by atoms with Gasteiger partial charge >= 0.3 is 5.69 Å². The molecule has 0 radical (unpaired) electrons. The van der Waals surface area contributed by atoms with E-state index in [1.165, 1.54) is 4.68 Å². The van der Waals surface area contributed by atoms with E-state index in [2.05, 4.69) is 20.1 Å². The lowest BCUT2D eigenvalue weighted by Crippen LogP contribution is -2.47. The van der Waals surface area contributed by atoms with E-state index in [1.54, 1.807) is 10.6 Å². The Bertz CT molecular complexity index is 887. The normalized spacial score (nSPS) is 16.9. The minimum atomic E-state index is -0.0924. The van der Waals surface area contributed by atoms with Crippen LogP contribution < -0.4 is 5.69 Å². The first-order valence-electron chi connectivity index (χ1n) is 8.10. The third kappa shape index (κ3) is 2.98. The summed E-state index contributed by atoms with van der Waals surface area (Å²) in [5.74, 6) is 0.900. The molecule has 3 aromatic rings. The number of hydrogen-bond acceptors (Lipinski definition) is 6. The highest BCUT2D eigenvalue weighted by atomic mass is 16.5. The van der Waals surface area contributed by atoms with Gasteiger partial charge in [-0.1, -0.05) is 11.2 Å². The molecule has 3 aromatic heterocycles. The van der Waals surface area contributed by atoms with Crippen LogP contribution in [0, 0.1) is 6.92 Å². The Labute approximate surface area is 138 Å². The lowest BCUT2D eigenvalue weighted by atomic mass is 10.3. The number of aryl methyl sites for hydroxylation is 1. The lowest BCUT2D eigenvalue weighted by molar-refractivity contribution is 0.0915. The van der Waals surface area contributed by atoms with E-state index in [-0.39, 0.29) is 5.69 Å². The predicted molar refractivity (Wildman–Crippen MR) is 87.5 cm³/mol. The molecule has 4 rings (SSSR count). The molecule has 0 atom stereocenters. The number of fused-ring (bicyclic) bond motifs is 1. The fourth-order valence-electron chi connectivity index (χ4n) is 3.05. The first kappa shape index (κ1) is 15.1. The largest absolute Gasteiger partial charge is 0.360 e. The van der Waals surface area contributed by atoms with Gasteiger partial charge < -0.3 is 4.52 Å². The molecule has 0 aliphatic carbocycles. The molecule has 0 unspecified atom stereocenters. The van der Waals surface area contributed by atoms with Gasteiger partial charge in [-0.3, -0.25) is 14.2 Å². The molecule has 0 amide bonds. The zero-order valence-electron chi connectivity index (χ0n) is 13.6. The molecule has 1 fully saturated rings. The monoisotopic (exact) mass is 328 g/mol. The molecular formula is C16H20N6O2. The number of nitrogens with zero attached hydrogens (tertiary/aromatic N) is 6. The van der Waals surface area contributed by atoms with Gasteiger partial charge in [-0.25, -0.2) is 4.79 Å². The van der Waals surface area contributed by atoms with E-state index in [0.29, 0.717) is 12.3 Å². The molecule has 8 heteroatoms. The van der Waals surface area contributed by atoms with Crippen LogP contribution in [0.25, 0.3) is 5.65 Å². The fourth-order valence-corrected chi connectivity index (χ4v) is 3.05. The van der Waals surface area contributed by atoms with Crippen molar-refractivity contribution in [2.75, 3.05) is 26.2 Å². The van der Waals surface area contributed by atoms with Crippen molar-refractivity contribution >= 4 is 5.65 Å². The minimum Gasteiger partial charge on any atom is -0.360 e. The standard InChI is InChI=1S/C16H20N6O2/c1-13-10-14(24-18-13)11-19-6-8-20(9-7-19)12-22-16(23)21-5-3-2-4-15(21)17-22/h2-5,10H,6-9,11-12H2,1H3. The number of aromatic nitrogens is 4. The average molecular weight is 328 g/mol. The van der Waals surface area contributed by atoms with Gasteiger partial charge in [-0.2, -0.15) is 4.68 Å². The number of rotatable bonds is 4. The molecule has 0 spiro atoms. The molecule has 0 saturated carbocycles. The first-order valence-corrected chi connectivity index (χ1v) is 8.10. The molecule has 0 aromatic carbocycles. The highest BCUT2D eigenvalue weighted by Gasteiger charge is 2.19. The van der Waals surface area contributed by atoms with Crippen molar-refractivity contribution in [1.82, 2.24) is 29.1 Å². The van der Waals surface area contributed by atoms with Gasteiger partial charge in [0.25, 0.3) is 0 Å². The molecular weight excluding hydrogens is 308 g/mol. The second kappa shape index (κ2) is 6.21. The van der Waals surface area contributed by atoms with Crippen molar-refractivity contribution in [3.8, 4) is 0 Å². The van der Waals surface area contributed by atoms with E-state index in [0.717, 1.165) is 44.2 Å². The van der Waals surface area contributed by atoms with Crippen LogP contribution >= 0.6 is 0 Å². The topological polar surface area (TPSA) is 71.8 Å². The van der Waals surface area contributed by atoms with Crippen molar-refractivity contribution in [2.45, 2.75) is 20.1 Å². The highest BCUT2D eigenvalue weighted by molar-refractivity contribution is 5.35. The SMILES string of the molecule is Cc1cc(CN2CCN(Cn3nc4ccccn4c3=O)CC2)on1. The highest BCUT2D eigenvalue weighted by Crippen LogP contribution is 2.10. The quantitative estimate of drug-likeness (QED) is 0.697. The second-order valence-electron chi connectivity index (χ2n) is 6.18. The third-order valence-corrected chi connectivity index (χ3v) is 4.34. The van der Waals surface area contributed by atoms with Crippen LogP contribution in [0.4, 0.5) is 0 Å². The summed E-state index contributed by atoms with van der Waals surface area (Å²) in [6.45, 7) is 6.89. The van der Waals surface area contributed by atoms with E-state index >= 15 is 0 Å². The Hall–Kier alpha value is -2.45. The summed E-state index contributed by atoms with van der Waals surface area (Å²) < 4.78 is 8.38. The maximum Gasteiger partial charge on any atom is 0.351 e. The van der Waals surface area contributed by atoms with E-state index < -0.39 is 0 Å². The number of hydrogen-bond donors (Lipinski definition) is 0. The van der Waals surface area contributed by atoms with Crippen molar-refractivity contribution in [2.24, 2.45) is 0 Å². The van der Waals surface area contributed by atoms with Gasteiger partial charge in [0.05, 0.1) is 18.9 Å². The molecule has 8 nitrogen and oxygen atoms in total. The van der Waals surface area contributed by atoms with Gasteiger partial charge in [0, 0.05) is 38.4 Å². The Morgan fingerprint density at radius 2 is 1.96 bits per heavy atom. The van der Waals surface area contributed by atoms with E-state index in [9.17, 15) is 4.79 Å². The number of piperazine rings is 1. The third-order valence-electron chi connectivity index (χ3n) is 4.34. The smallest absolute Gasteiger partial charge is 0.351 e. The van der Waals surface area contributed by atoms with Crippen LogP contribution in [0.5, 0.6) is 0 Å². The molecule has 0 bridgehead atoms. The van der Waals surface area contributed by atoms with Gasteiger partial charge in [0.2, 0.25) is 0 Å². The minimum absolute atomic E-state index is 0.0924. The Morgan fingerprint density at radius 3 is 2.67 bits per heavy atom. The Morgan fingerprint density at radius 1 is 1.17 bits per heavy atom. The van der Waals surface area contributed by atoms with Crippen molar-refractivity contribution < 1.29 is 4.52 Å². The van der Waals surface area contributed by atoms with Gasteiger partial charge in [-0.05, 0) is 19.1 Å². The first-order chi connectivity index (χ1) is 11.7. The van der Waals surface area contributed by atoms with Crippen molar-refractivity contribution in [1.29, 1.82) is 0 Å². The summed E-state index contributed by atoms with van der Waals surface area (Å²) >= 11 is 0. The summed E-state index contributed by atoms with van der Waals surface area (Å²) in [5.41, 5.74) is 1.50. The van der Waals surface area contributed by atoms with Gasteiger partial charge in [0.15, 0.2) is 11.4 Å². The molecule has 1 aliphatic rings. The summed E-state index contributed by atoms with van der Waals surface area (Å²) in [7, 11) is 0. The van der Waals surface area contributed by atoms with Crippen molar-refractivity contribution in [3.63, 3.8) is 0 Å². The summed E-state index contributed by atoms with van der Waals surface area (Å²) in [6, 6.07) is 7.54. The summed E-state index contributed by atoms with van der Waals surface area (Å²) in [5, 5.41) is 8.31. The van der Waals surface area contributed by atoms with E-state index in [4.69, 9.17) is 4.52 Å². The molecule has 4 heterocycles. The van der Waals surface area contributed by atoms with Crippen LogP contribution in [0.15, 0.2) is 39.8 Å². The molecule has 24 heavy (non-hydrogen) atoms. The second-order valence-corrected chi connectivity index (χ2v) is 6.18. The van der Waals surface area contributed by atoms with Crippen LogP contribution in [0.1, 0.15) is 11.5 Å². The maximum absolute atomic E-state index is 12.3. The summed E-state index contributed by atoms with van der Waals surface area (Å²) in [4.78, 5) is 16.9. The van der Waals surface area contributed by atoms with Crippen LogP contribution in [0.2, 0.25) is 0 Å². The molecule has 1 aliphatic heterocycles. The zero-order chi connectivity index (χ0) is 16.5. The molecule has 1 saturated heterocycles. The van der Waals surface area contributed by atoms with Crippen LogP contribution in [-0.4, -0.2) is 55.3 Å². The average Bonchev–Trinajstić information content (AvgIpc) is 3.14.